The summed E-state index contributed by atoms with van der Waals surface area (Å²) in [6, 6.07) is 4.93. The number of nitrogens with one attached hydrogen (secondary N) is 2. The first-order valence-electron chi connectivity index (χ1n) is 7.05. The molecule has 0 radical (unpaired) electrons. The van der Waals surface area contributed by atoms with Gasteiger partial charge in [-0.15, -0.1) is 0 Å². The number of urea groups is 1. The molecule has 0 unspecified atom stereocenters. The number of carbonyl (C=O) groups excluding carboxylic acids is 2. The number of hydrogen-bond acceptors (Lipinski definition) is 3. The summed E-state index contributed by atoms with van der Waals surface area (Å²) in [5, 5.41) is 5.08. The molecule has 0 aromatic heterocycles. The lowest BCUT2D eigenvalue weighted by molar-refractivity contribution is -0.122. The van der Waals surface area contributed by atoms with Crippen LogP contribution in [-0.2, 0) is 4.79 Å². The fourth-order valence-electron chi connectivity index (χ4n) is 1.74. The van der Waals surface area contributed by atoms with Gasteiger partial charge in [0.25, 0.3) is 0 Å². The van der Waals surface area contributed by atoms with Gasteiger partial charge in [0.05, 0.1) is 5.69 Å². The predicted molar refractivity (Wildman–Crippen MR) is 87.9 cm³/mol. The van der Waals surface area contributed by atoms with Gasteiger partial charge in [0.1, 0.15) is 6.54 Å². The van der Waals surface area contributed by atoms with E-state index >= 15 is 0 Å². The zero-order valence-electron chi connectivity index (χ0n) is 13.8. The van der Waals surface area contributed by atoms with Crippen molar-refractivity contribution in [1.29, 1.82) is 0 Å². The van der Waals surface area contributed by atoms with Crippen LogP contribution in [0.4, 0.5) is 23.7 Å². The van der Waals surface area contributed by atoms with Gasteiger partial charge in [-0.1, -0.05) is 12.1 Å². The fourth-order valence-corrected chi connectivity index (χ4v) is 2.36. The maximum Gasteiger partial charge on any atom is 0.446 e. The molecule has 0 aliphatic rings. The molecule has 0 aliphatic heterocycles. The molecule has 1 rings (SSSR count). The third-order valence-corrected chi connectivity index (χ3v) is 3.40. The zero-order valence-corrected chi connectivity index (χ0v) is 14.6. The number of alkyl halides is 3. The molecule has 0 aliphatic carbocycles. The van der Waals surface area contributed by atoms with E-state index in [1.54, 1.807) is 20.8 Å². The molecule has 0 saturated heterocycles. The third-order valence-electron chi connectivity index (χ3n) is 2.60. The number of para-hydroxylation sites is 1. The van der Waals surface area contributed by atoms with Gasteiger partial charge in [-0.2, -0.15) is 13.2 Å². The molecule has 0 fully saturated rings. The summed E-state index contributed by atoms with van der Waals surface area (Å²) >= 11 is -0.310. The lowest BCUT2D eigenvalue weighted by Gasteiger charge is -2.24. The molecule has 1 aromatic carbocycles. The number of nitrogens with zero attached hydrogens (tertiary/aromatic N) is 1. The monoisotopic (exact) mass is 363 g/mol. The van der Waals surface area contributed by atoms with E-state index in [1.807, 2.05) is 0 Å². The standard InChI is InChI=1S/C15H20F3N3O2S/c1-14(2,3)20-12(22)9-21(4)13(23)19-10-7-5-6-8-11(10)24-15(16,17)18/h5-8H,9H2,1-4H3,(H,19,23)(H,20,22). The summed E-state index contributed by atoms with van der Waals surface area (Å²) in [4.78, 5) is 24.8. The molecular formula is C15H20F3N3O2S. The Morgan fingerprint density at radius 2 is 1.75 bits per heavy atom. The van der Waals surface area contributed by atoms with Gasteiger partial charge in [-0.25, -0.2) is 4.79 Å². The summed E-state index contributed by atoms with van der Waals surface area (Å²) in [5.74, 6) is -0.363. The van der Waals surface area contributed by atoms with Crippen LogP contribution in [0, 0.1) is 0 Å². The summed E-state index contributed by atoms with van der Waals surface area (Å²) in [6.07, 6.45) is 0. The van der Waals surface area contributed by atoms with E-state index in [9.17, 15) is 22.8 Å². The number of carbonyl (C=O) groups is 2. The minimum absolute atomic E-state index is 0.0351. The van der Waals surface area contributed by atoms with Gasteiger partial charge in [-0.05, 0) is 44.7 Å². The Kier molecular flexibility index (Phi) is 6.53. The van der Waals surface area contributed by atoms with Crippen LogP contribution in [0.1, 0.15) is 20.8 Å². The Morgan fingerprint density at radius 3 is 2.29 bits per heavy atom. The van der Waals surface area contributed by atoms with E-state index in [4.69, 9.17) is 0 Å². The van der Waals surface area contributed by atoms with Crippen LogP contribution in [0.5, 0.6) is 0 Å². The highest BCUT2D eigenvalue weighted by Crippen LogP contribution is 2.40. The molecule has 5 nitrogen and oxygen atoms in total. The van der Waals surface area contributed by atoms with Gasteiger partial charge in [0.15, 0.2) is 0 Å². The van der Waals surface area contributed by atoms with Crippen molar-refractivity contribution < 1.29 is 22.8 Å². The molecule has 134 valence electrons. The lowest BCUT2D eigenvalue weighted by Crippen LogP contribution is -2.47. The predicted octanol–water partition coefficient (Wildman–Crippen LogP) is 3.68. The van der Waals surface area contributed by atoms with Gasteiger partial charge >= 0.3 is 11.5 Å². The first-order chi connectivity index (χ1) is 10.9. The van der Waals surface area contributed by atoms with E-state index in [1.165, 1.54) is 31.3 Å². The molecule has 0 bridgehead atoms. The fraction of sp³-hybridized carbons (Fsp3) is 0.467. The van der Waals surface area contributed by atoms with Crippen molar-refractivity contribution in [3.05, 3.63) is 24.3 Å². The average Bonchev–Trinajstić information content (AvgIpc) is 2.36. The smallest absolute Gasteiger partial charge is 0.350 e. The van der Waals surface area contributed by atoms with Crippen molar-refractivity contribution in [3.63, 3.8) is 0 Å². The van der Waals surface area contributed by atoms with E-state index < -0.39 is 17.1 Å². The largest absolute Gasteiger partial charge is 0.446 e. The van der Waals surface area contributed by atoms with Gasteiger partial charge in [-0.3, -0.25) is 4.79 Å². The zero-order chi connectivity index (χ0) is 18.5. The van der Waals surface area contributed by atoms with Crippen LogP contribution in [0.25, 0.3) is 0 Å². The van der Waals surface area contributed by atoms with E-state index in [0.29, 0.717) is 0 Å². The van der Waals surface area contributed by atoms with Crippen LogP contribution in [0.2, 0.25) is 0 Å². The van der Waals surface area contributed by atoms with E-state index in [0.717, 1.165) is 4.90 Å². The van der Waals surface area contributed by atoms with Crippen LogP contribution in [0.15, 0.2) is 29.2 Å². The Balaban J connectivity index is 2.72. The van der Waals surface area contributed by atoms with Gasteiger partial charge < -0.3 is 15.5 Å². The van der Waals surface area contributed by atoms with Crippen molar-refractivity contribution in [2.45, 2.75) is 36.7 Å². The van der Waals surface area contributed by atoms with Crippen molar-refractivity contribution in [1.82, 2.24) is 10.2 Å². The number of rotatable bonds is 4. The van der Waals surface area contributed by atoms with Crippen LogP contribution in [0.3, 0.4) is 0 Å². The summed E-state index contributed by atoms with van der Waals surface area (Å²) in [5.41, 5.74) is -4.86. The highest BCUT2D eigenvalue weighted by atomic mass is 32.2. The molecule has 24 heavy (non-hydrogen) atoms. The maximum atomic E-state index is 12.5. The molecule has 0 saturated carbocycles. The molecule has 0 heterocycles. The molecule has 1 aromatic rings. The topological polar surface area (TPSA) is 61.4 Å². The second-order valence-electron chi connectivity index (χ2n) is 6.13. The first-order valence-corrected chi connectivity index (χ1v) is 7.87. The molecule has 0 spiro atoms. The first kappa shape index (κ1) is 20.1. The highest BCUT2D eigenvalue weighted by molar-refractivity contribution is 8.00. The number of amides is 3. The molecule has 2 N–H and O–H groups in total. The second kappa shape index (κ2) is 7.78. The van der Waals surface area contributed by atoms with Crippen LogP contribution in [-0.4, -0.2) is 41.5 Å². The minimum Gasteiger partial charge on any atom is -0.350 e. The lowest BCUT2D eigenvalue weighted by atomic mass is 10.1. The normalized spacial score (nSPS) is 11.8. The van der Waals surface area contributed by atoms with Crippen molar-refractivity contribution in [3.8, 4) is 0 Å². The molecule has 9 heteroatoms. The minimum atomic E-state index is -4.46. The second-order valence-corrected chi connectivity index (χ2v) is 7.24. The average molecular weight is 363 g/mol. The number of hydrogen-bond donors (Lipinski definition) is 2. The Hall–Kier alpha value is -1.90. The summed E-state index contributed by atoms with van der Waals surface area (Å²) in [7, 11) is 1.39. The number of likely N-dealkylation sites (N-methyl/N-ethyl adjacent to an activating group) is 1. The highest BCUT2D eigenvalue weighted by Gasteiger charge is 2.30. The maximum absolute atomic E-state index is 12.5. The summed E-state index contributed by atoms with van der Waals surface area (Å²) < 4.78 is 37.6. The Bertz CT molecular complexity index is 600. The van der Waals surface area contributed by atoms with E-state index in [2.05, 4.69) is 10.6 Å². The third kappa shape index (κ3) is 7.58. The van der Waals surface area contributed by atoms with Crippen molar-refractivity contribution in [2.75, 3.05) is 18.9 Å². The van der Waals surface area contributed by atoms with Gasteiger partial charge in [0.2, 0.25) is 5.91 Å². The summed E-state index contributed by atoms with van der Waals surface area (Å²) in [6.45, 7) is 5.19. The molecule has 0 atom stereocenters. The quantitative estimate of drug-likeness (QED) is 0.803. The number of anilines is 1. The van der Waals surface area contributed by atoms with Crippen LogP contribution >= 0.6 is 11.8 Å². The number of thioether (sulfide) groups is 1. The number of halogens is 3. The Morgan fingerprint density at radius 1 is 1.17 bits per heavy atom. The van der Waals surface area contributed by atoms with E-state index in [-0.39, 0.29) is 34.8 Å². The Labute approximate surface area is 143 Å². The molecular weight excluding hydrogens is 343 g/mol. The van der Waals surface area contributed by atoms with Crippen LogP contribution < -0.4 is 10.6 Å². The SMILES string of the molecule is CN(CC(=O)NC(C)(C)C)C(=O)Nc1ccccc1SC(F)(F)F. The van der Waals surface area contributed by atoms with Crippen molar-refractivity contribution in [2.24, 2.45) is 0 Å². The number of benzene rings is 1. The van der Waals surface area contributed by atoms with Gasteiger partial charge in [0, 0.05) is 17.5 Å². The molecule has 3 amide bonds. The van der Waals surface area contributed by atoms with Crippen molar-refractivity contribution >= 4 is 29.4 Å².